The van der Waals surface area contributed by atoms with E-state index >= 15 is 0 Å². The van der Waals surface area contributed by atoms with E-state index in [1.807, 2.05) is 41.3 Å². The normalized spacial score (nSPS) is 21.2. The van der Waals surface area contributed by atoms with Gasteiger partial charge in [-0.3, -0.25) is 14.6 Å². The molecule has 0 saturated carbocycles. The number of thioether (sulfide) groups is 1. The molecule has 0 atom stereocenters. The first kappa shape index (κ1) is 28.5. The molecule has 1 amide bonds. The molecule has 3 aliphatic rings. The summed E-state index contributed by atoms with van der Waals surface area (Å²) in [6.45, 7) is 14.7. The van der Waals surface area contributed by atoms with Gasteiger partial charge in [-0.2, -0.15) is 0 Å². The largest absolute Gasteiger partial charge is 0.496 e. The number of fused-ring (bicyclic) bond motifs is 1. The van der Waals surface area contributed by atoms with E-state index in [0.717, 1.165) is 73.7 Å². The highest BCUT2D eigenvalue weighted by atomic mass is 32.2. The minimum Gasteiger partial charge on any atom is -0.496 e. The molecule has 2 saturated heterocycles. The van der Waals surface area contributed by atoms with Gasteiger partial charge in [-0.25, -0.2) is 4.99 Å². The van der Waals surface area contributed by atoms with E-state index in [0.29, 0.717) is 11.4 Å². The van der Waals surface area contributed by atoms with Gasteiger partial charge >= 0.3 is 0 Å². The van der Waals surface area contributed by atoms with Gasteiger partial charge in [0.25, 0.3) is 5.91 Å². The summed E-state index contributed by atoms with van der Waals surface area (Å²) < 4.78 is 11.3. The van der Waals surface area contributed by atoms with Crippen LogP contribution >= 0.6 is 11.8 Å². The molecule has 5 rings (SSSR count). The van der Waals surface area contributed by atoms with Gasteiger partial charge in [0, 0.05) is 55.6 Å². The predicted octanol–water partition coefficient (Wildman–Crippen LogP) is 6.04. The van der Waals surface area contributed by atoms with E-state index in [9.17, 15) is 4.79 Å². The first-order chi connectivity index (χ1) is 19.3. The summed E-state index contributed by atoms with van der Waals surface area (Å²) in [7, 11) is 1.69. The molecule has 40 heavy (non-hydrogen) atoms. The molecule has 2 aromatic rings. The monoisotopic (exact) mass is 560 g/mol. The Kier molecular flexibility index (Phi) is 8.68. The molecule has 0 aliphatic carbocycles. The van der Waals surface area contributed by atoms with Crippen LogP contribution in [0, 0.1) is 0 Å². The summed E-state index contributed by atoms with van der Waals surface area (Å²) in [6.07, 6.45) is 5.17. The van der Waals surface area contributed by atoms with Crippen molar-refractivity contribution in [3.63, 3.8) is 0 Å². The number of ether oxygens (including phenoxy) is 2. The van der Waals surface area contributed by atoms with Crippen LogP contribution in [0.25, 0.3) is 11.6 Å². The van der Waals surface area contributed by atoms with E-state index < -0.39 is 0 Å². The Labute approximate surface area is 242 Å². The zero-order valence-electron chi connectivity index (χ0n) is 24.3. The highest BCUT2D eigenvalue weighted by Gasteiger charge is 2.35. The molecule has 7 nitrogen and oxygen atoms in total. The summed E-state index contributed by atoms with van der Waals surface area (Å²) >= 11 is 1.44. The Bertz CT molecular complexity index is 1330. The number of amidine groups is 1. The highest BCUT2D eigenvalue weighted by molar-refractivity contribution is 8.18. The second kappa shape index (κ2) is 12.2. The molecule has 0 aromatic heterocycles. The van der Waals surface area contributed by atoms with Gasteiger partial charge in [-0.15, -0.1) is 0 Å². The SMILES string of the molecule is CCN1c2cc(OC)c(/C=C3/SC(=Nc4ccccc4)N(CCCN4CCOCC4)C3=O)cc2C(C)=CC1(C)C. The van der Waals surface area contributed by atoms with Gasteiger partial charge in [0.1, 0.15) is 5.75 Å². The first-order valence-corrected chi connectivity index (χ1v) is 15.0. The minimum atomic E-state index is -0.0847. The lowest BCUT2D eigenvalue weighted by Crippen LogP contribution is -2.44. The van der Waals surface area contributed by atoms with Crippen molar-refractivity contribution >= 4 is 45.9 Å². The number of aliphatic imine (C=N–C) groups is 1. The molecule has 2 fully saturated rings. The fourth-order valence-electron chi connectivity index (χ4n) is 5.81. The van der Waals surface area contributed by atoms with Gasteiger partial charge in [-0.1, -0.05) is 24.3 Å². The smallest absolute Gasteiger partial charge is 0.266 e. The van der Waals surface area contributed by atoms with E-state index in [-0.39, 0.29) is 11.4 Å². The van der Waals surface area contributed by atoms with Crippen LogP contribution < -0.4 is 9.64 Å². The van der Waals surface area contributed by atoms with Gasteiger partial charge in [0.05, 0.1) is 36.5 Å². The summed E-state index contributed by atoms with van der Waals surface area (Å²) in [5, 5.41) is 0.719. The molecule has 3 heterocycles. The lowest BCUT2D eigenvalue weighted by Gasteiger charge is -2.43. The third kappa shape index (κ3) is 5.99. The summed E-state index contributed by atoms with van der Waals surface area (Å²) in [5.74, 6) is 0.751. The van der Waals surface area contributed by atoms with Crippen molar-refractivity contribution in [3.05, 3.63) is 64.6 Å². The number of rotatable bonds is 8. The summed E-state index contributed by atoms with van der Waals surface area (Å²) in [4.78, 5) is 25.9. The van der Waals surface area contributed by atoms with Gasteiger partial charge < -0.3 is 14.4 Å². The summed E-state index contributed by atoms with van der Waals surface area (Å²) in [5.41, 5.74) is 5.21. The molecule has 0 N–H and O–H groups in total. The second-order valence-electron chi connectivity index (χ2n) is 10.9. The number of hydrogen-bond acceptors (Lipinski definition) is 7. The van der Waals surface area contributed by atoms with Crippen LogP contribution in [0.5, 0.6) is 5.75 Å². The fourth-order valence-corrected chi connectivity index (χ4v) is 6.82. The molecule has 3 aliphatic heterocycles. The fraction of sp³-hybridized carbons (Fsp3) is 0.438. The van der Waals surface area contributed by atoms with E-state index in [2.05, 4.69) is 55.7 Å². The minimum absolute atomic E-state index is 0.00925. The molecule has 212 valence electrons. The van der Waals surface area contributed by atoms with Gasteiger partial charge in [0.2, 0.25) is 0 Å². The van der Waals surface area contributed by atoms with Crippen LogP contribution in [-0.2, 0) is 9.53 Å². The number of likely N-dealkylation sites (N-methyl/N-ethyl adjacent to an activating group) is 1. The molecule has 0 bridgehead atoms. The number of para-hydroxylation sites is 1. The molecule has 0 unspecified atom stereocenters. The number of nitrogens with zero attached hydrogens (tertiary/aromatic N) is 4. The number of morpholine rings is 1. The molecule has 8 heteroatoms. The van der Waals surface area contributed by atoms with Gasteiger partial charge in [-0.05, 0) is 75.7 Å². The number of amides is 1. The average Bonchev–Trinajstić information content (AvgIpc) is 3.23. The van der Waals surface area contributed by atoms with E-state index in [1.54, 1.807) is 7.11 Å². The van der Waals surface area contributed by atoms with Crippen LogP contribution in [0.1, 0.15) is 45.2 Å². The Morgan fingerprint density at radius 1 is 1.12 bits per heavy atom. The number of methoxy groups -OCH3 is 1. The Morgan fingerprint density at radius 2 is 1.88 bits per heavy atom. The van der Waals surface area contributed by atoms with E-state index in [4.69, 9.17) is 14.5 Å². The first-order valence-electron chi connectivity index (χ1n) is 14.2. The quantitative estimate of drug-likeness (QED) is 0.367. The van der Waals surface area contributed by atoms with Crippen molar-refractivity contribution in [1.82, 2.24) is 9.80 Å². The van der Waals surface area contributed by atoms with E-state index in [1.165, 1.54) is 22.9 Å². The summed E-state index contributed by atoms with van der Waals surface area (Å²) in [6, 6.07) is 14.1. The van der Waals surface area contributed by atoms with Crippen LogP contribution in [-0.4, -0.2) is 79.5 Å². The lowest BCUT2D eigenvalue weighted by atomic mass is 9.87. The van der Waals surface area contributed by atoms with Crippen molar-refractivity contribution in [2.45, 2.75) is 39.7 Å². The number of anilines is 1. The van der Waals surface area contributed by atoms with Crippen molar-refractivity contribution in [2.75, 3.05) is 57.9 Å². The highest BCUT2D eigenvalue weighted by Crippen LogP contribution is 2.43. The number of benzene rings is 2. The number of allylic oxidation sites excluding steroid dienone is 1. The Balaban J connectivity index is 1.46. The van der Waals surface area contributed by atoms with Gasteiger partial charge in [0.15, 0.2) is 5.17 Å². The topological polar surface area (TPSA) is 57.6 Å². The zero-order chi connectivity index (χ0) is 28.3. The maximum atomic E-state index is 13.8. The Hall–Kier alpha value is -3.07. The van der Waals surface area contributed by atoms with Crippen LogP contribution in [0.2, 0.25) is 0 Å². The molecule has 0 radical (unpaired) electrons. The maximum Gasteiger partial charge on any atom is 0.266 e. The average molecular weight is 561 g/mol. The Morgan fingerprint density at radius 3 is 2.58 bits per heavy atom. The van der Waals surface area contributed by atoms with Crippen molar-refractivity contribution in [1.29, 1.82) is 0 Å². The van der Waals surface area contributed by atoms with Crippen molar-refractivity contribution in [2.24, 2.45) is 4.99 Å². The number of hydrogen-bond donors (Lipinski definition) is 0. The number of carbonyl (C=O) groups is 1. The third-order valence-corrected chi connectivity index (χ3v) is 8.77. The van der Waals surface area contributed by atoms with Crippen LogP contribution in [0.15, 0.2) is 58.4 Å². The molecular formula is C32H40N4O3S. The zero-order valence-corrected chi connectivity index (χ0v) is 25.1. The molecule has 0 spiro atoms. The number of carbonyl (C=O) groups excluding carboxylic acids is 1. The van der Waals surface area contributed by atoms with Crippen molar-refractivity contribution in [3.8, 4) is 5.75 Å². The molecular weight excluding hydrogens is 520 g/mol. The van der Waals surface area contributed by atoms with Crippen LogP contribution in [0.4, 0.5) is 11.4 Å². The van der Waals surface area contributed by atoms with Crippen molar-refractivity contribution < 1.29 is 14.3 Å². The van der Waals surface area contributed by atoms with Crippen LogP contribution in [0.3, 0.4) is 0 Å². The lowest BCUT2D eigenvalue weighted by molar-refractivity contribution is -0.122. The standard InChI is InChI=1S/C32H40N4O3S/c1-6-36-27-21-28(38-5)24(19-26(27)23(2)22-32(36,3)4)20-29-30(37)35(14-10-13-34-15-17-39-18-16-34)31(40-29)33-25-11-8-7-9-12-25/h7-9,11-12,19-22H,6,10,13-18H2,1-5H3/b29-20+,33-31?. The molecule has 2 aromatic carbocycles. The third-order valence-electron chi connectivity index (χ3n) is 7.76. The predicted molar refractivity (Wildman–Crippen MR) is 166 cm³/mol. The maximum absolute atomic E-state index is 13.8. The second-order valence-corrected chi connectivity index (χ2v) is 12.0.